The molecular weight excluding hydrogens is 262 g/mol. The molecule has 2 N–H and O–H groups in total. The summed E-state index contributed by atoms with van der Waals surface area (Å²) in [4.78, 5) is 12.9. The van der Waals surface area contributed by atoms with Gasteiger partial charge >= 0.3 is 6.09 Å². The minimum atomic E-state index is -3.13. The predicted molar refractivity (Wildman–Crippen MR) is 63.9 cm³/mol. The summed E-state index contributed by atoms with van der Waals surface area (Å²) >= 11 is 0. The van der Waals surface area contributed by atoms with Crippen molar-refractivity contribution in [2.75, 3.05) is 31.3 Å². The van der Waals surface area contributed by atoms with Gasteiger partial charge in [-0.15, -0.1) is 0 Å². The third-order valence-electron chi connectivity index (χ3n) is 2.77. The van der Waals surface area contributed by atoms with E-state index in [0.29, 0.717) is 6.42 Å². The molecule has 0 aromatic carbocycles. The van der Waals surface area contributed by atoms with Crippen molar-refractivity contribution in [3.05, 3.63) is 0 Å². The van der Waals surface area contributed by atoms with Gasteiger partial charge in [-0.05, 0) is 13.3 Å². The molecule has 1 saturated heterocycles. The third kappa shape index (κ3) is 4.11. The smallest absolute Gasteiger partial charge is 0.410 e. The summed E-state index contributed by atoms with van der Waals surface area (Å²) in [5.41, 5.74) is 0. The van der Waals surface area contributed by atoms with Gasteiger partial charge in [0.25, 0.3) is 0 Å². The fraction of sp³-hybridized carbons (Fsp3) is 0.900. The van der Waals surface area contributed by atoms with E-state index in [4.69, 9.17) is 9.84 Å². The summed E-state index contributed by atoms with van der Waals surface area (Å²) < 4.78 is 27.6. The average molecular weight is 281 g/mol. The zero-order valence-electron chi connectivity index (χ0n) is 10.3. The Balaban J connectivity index is 2.74. The quantitative estimate of drug-likeness (QED) is 0.669. The second-order valence-electron chi connectivity index (χ2n) is 4.24. The van der Waals surface area contributed by atoms with Crippen molar-refractivity contribution in [3.8, 4) is 0 Å². The first kappa shape index (κ1) is 15.2. The zero-order valence-corrected chi connectivity index (χ0v) is 11.1. The Bertz CT molecular complexity index is 382. The number of hydrogen-bond donors (Lipinski definition) is 2. The summed E-state index contributed by atoms with van der Waals surface area (Å²) in [5.74, 6) is -0.0905. The molecule has 8 heteroatoms. The van der Waals surface area contributed by atoms with Crippen molar-refractivity contribution < 1.29 is 28.2 Å². The third-order valence-corrected chi connectivity index (χ3v) is 4.52. The van der Waals surface area contributed by atoms with E-state index in [9.17, 15) is 18.3 Å². The molecule has 2 atom stereocenters. The second-order valence-corrected chi connectivity index (χ2v) is 6.47. The van der Waals surface area contributed by atoms with Crippen LogP contribution < -0.4 is 0 Å². The molecule has 18 heavy (non-hydrogen) atoms. The zero-order chi connectivity index (χ0) is 13.8. The molecule has 1 aliphatic rings. The monoisotopic (exact) mass is 281 g/mol. The van der Waals surface area contributed by atoms with Gasteiger partial charge in [-0.1, -0.05) is 0 Å². The maximum atomic E-state index is 11.7. The second kappa shape index (κ2) is 6.35. The number of carbonyl (C=O) groups is 1. The lowest BCUT2D eigenvalue weighted by Crippen LogP contribution is -2.46. The summed E-state index contributed by atoms with van der Waals surface area (Å²) in [7, 11) is -3.13. The highest BCUT2D eigenvalue weighted by molar-refractivity contribution is 7.91. The largest absolute Gasteiger partial charge is 0.450 e. The Morgan fingerprint density at radius 2 is 2.22 bits per heavy atom. The predicted octanol–water partition coefficient (Wildman–Crippen LogP) is -1.01. The first-order valence-corrected chi connectivity index (χ1v) is 7.64. The Hall–Kier alpha value is -0.860. The van der Waals surface area contributed by atoms with Crippen molar-refractivity contribution in [3.63, 3.8) is 0 Å². The molecule has 0 aromatic rings. The standard InChI is InChI=1S/C10H19NO6S/c1-2-17-10(14)11(5-9(13)6-12)8-3-4-18(15,16)7-8/h8-9,12-13H,2-7H2,1H3/t8-,9-/m0/s1. The van der Waals surface area contributed by atoms with Crippen LogP contribution in [-0.2, 0) is 14.6 Å². The van der Waals surface area contributed by atoms with E-state index in [1.165, 1.54) is 4.90 Å². The highest BCUT2D eigenvalue weighted by Gasteiger charge is 2.36. The van der Waals surface area contributed by atoms with Gasteiger partial charge in [0.1, 0.15) is 0 Å². The molecule has 0 spiro atoms. The minimum Gasteiger partial charge on any atom is -0.450 e. The maximum absolute atomic E-state index is 11.7. The van der Waals surface area contributed by atoms with E-state index in [2.05, 4.69) is 0 Å². The Morgan fingerprint density at radius 1 is 1.56 bits per heavy atom. The molecule has 0 aromatic heterocycles. The maximum Gasteiger partial charge on any atom is 0.410 e. The summed E-state index contributed by atoms with van der Waals surface area (Å²) in [6.07, 6.45) is -1.43. The first-order chi connectivity index (χ1) is 8.39. The van der Waals surface area contributed by atoms with Crippen LogP contribution in [0.5, 0.6) is 0 Å². The minimum absolute atomic E-state index is 0.0305. The number of carbonyl (C=O) groups excluding carboxylic acids is 1. The van der Waals surface area contributed by atoms with Gasteiger partial charge in [0, 0.05) is 0 Å². The van der Waals surface area contributed by atoms with Crippen LogP contribution in [0.25, 0.3) is 0 Å². The molecule has 106 valence electrons. The summed E-state index contributed by atoms with van der Waals surface area (Å²) in [5, 5.41) is 18.2. The summed E-state index contributed by atoms with van der Waals surface area (Å²) in [6, 6.07) is -0.491. The van der Waals surface area contributed by atoms with Gasteiger partial charge in [0.05, 0.1) is 43.4 Å². The van der Waals surface area contributed by atoms with Crippen LogP contribution in [0.4, 0.5) is 4.79 Å². The highest BCUT2D eigenvalue weighted by Crippen LogP contribution is 2.19. The number of ether oxygens (including phenoxy) is 1. The van der Waals surface area contributed by atoms with Gasteiger partial charge in [-0.3, -0.25) is 0 Å². The molecule has 1 aliphatic heterocycles. The normalized spacial score (nSPS) is 23.6. The number of amides is 1. The van der Waals surface area contributed by atoms with Crippen LogP contribution >= 0.6 is 0 Å². The number of aliphatic hydroxyl groups excluding tert-OH is 2. The molecular formula is C10H19NO6S. The van der Waals surface area contributed by atoms with Crippen LogP contribution in [0, 0.1) is 0 Å². The van der Waals surface area contributed by atoms with Crippen LogP contribution in [0.1, 0.15) is 13.3 Å². The van der Waals surface area contributed by atoms with Crippen LogP contribution in [0.2, 0.25) is 0 Å². The number of nitrogens with zero attached hydrogens (tertiary/aromatic N) is 1. The van der Waals surface area contributed by atoms with Crippen molar-refractivity contribution in [2.45, 2.75) is 25.5 Å². The van der Waals surface area contributed by atoms with E-state index < -0.39 is 34.7 Å². The van der Waals surface area contributed by atoms with Crippen LogP contribution in [-0.4, -0.2) is 73.0 Å². The number of hydrogen-bond acceptors (Lipinski definition) is 6. The molecule has 0 saturated carbocycles. The van der Waals surface area contributed by atoms with Crippen LogP contribution in [0.15, 0.2) is 0 Å². The fourth-order valence-corrected chi connectivity index (χ4v) is 3.62. The molecule has 0 aliphatic carbocycles. The molecule has 7 nitrogen and oxygen atoms in total. The first-order valence-electron chi connectivity index (χ1n) is 5.82. The lowest BCUT2D eigenvalue weighted by Gasteiger charge is -2.28. The molecule has 0 bridgehead atoms. The molecule has 1 fully saturated rings. The van der Waals surface area contributed by atoms with Crippen molar-refractivity contribution in [1.29, 1.82) is 0 Å². The molecule has 0 radical (unpaired) electrons. The summed E-state index contributed by atoms with van der Waals surface area (Å²) in [6.45, 7) is 1.19. The van der Waals surface area contributed by atoms with Gasteiger partial charge in [-0.25, -0.2) is 13.2 Å². The average Bonchev–Trinajstić information content (AvgIpc) is 2.66. The van der Waals surface area contributed by atoms with E-state index in [-0.39, 0.29) is 24.7 Å². The highest BCUT2D eigenvalue weighted by atomic mass is 32.2. The van der Waals surface area contributed by atoms with E-state index >= 15 is 0 Å². The number of aliphatic hydroxyl groups is 2. The van der Waals surface area contributed by atoms with Gasteiger partial charge in [0.15, 0.2) is 9.84 Å². The molecule has 1 amide bonds. The molecule has 1 heterocycles. The topological polar surface area (TPSA) is 104 Å². The molecule has 1 rings (SSSR count). The van der Waals surface area contributed by atoms with E-state index in [1.807, 2.05) is 0 Å². The Morgan fingerprint density at radius 3 is 2.67 bits per heavy atom. The number of sulfone groups is 1. The van der Waals surface area contributed by atoms with Crippen molar-refractivity contribution in [2.24, 2.45) is 0 Å². The number of rotatable bonds is 5. The fourth-order valence-electron chi connectivity index (χ4n) is 1.89. The van der Waals surface area contributed by atoms with E-state index in [1.54, 1.807) is 6.92 Å². The van der Waals surface area contributed by atoms with Gasteiger partial charge < -0.3 is 19.8 Å². The Labute approximate surface area is 106 Å². The van der Waals surface area contributed by atoms with Crippen molar-refractivity contribution >= 4 is 15.9 Å². The lowest BCUT2D eigenvalue weighted by molar-refractivity contribution is 0.0375. The van der Waals surface area contributed by atoms with Gasteiger partial charge in [0.2, 0.25) is 0 Å². The van der Waals surface area contributed by atoms with Gasteiger partial charge in [-0.2, -0.15) is 0 Å². The molecule has 0 unspecified atom stereocenters. The lowest BCUT2D eigenvalue weighted by atomic mass is 10.2. The SMILES string of the molecule is CCOC(=O)N(C[C@H](O)CO)[C@H]1CCS(=O)(=O)C1. The van der Waals surface area contributed by atoms with Crippen LogP contribution in [0.3, 0.4) is 0 Å². The Kier molecular flexibility index (Phi) is 5.36. The van der Waals surface area contributed by atoms with E-state index in [0.717, 1.165) is 0 Å². The van der Waals surface area contributed by atoms with Crippen molar-refractivity contribution in [1.82, 2.24) is 4.90 Å².